The lowest BCUT2D eigenvalue weighted by atomic mass is 10.0. The van der Waals surface area contributed by atoms with Crippen molar-refractivity contribution in [2.45, 2.75) is 6.61 Å². The summed E-state index contributed by atoms with van der Waals surface area (Å²) in [6.45, 7) is 0.0364. The smallest absolute Gasteiger partial charge is 0.0681 e. The van der Waals surface area contributed by atoms with Crippen LogP contribution in [-0.4, -0.2) is 9.67 Å². The van der Waals surface area contributed by atoms with Crippen molar-refractivity contribution in [3.05, 3.63) is 194 Å². The SMILES string of the molecule is OCc1ccc(-n2c3ccccc3c3cc(-c4ccc(N(c5ccc(-c6ccccc6)cc5)c5cccc6c5sc5ccccc56)cc4)ccc32)cc1. The molecule has 53 heavy (non-hydrogen) atoms. The Hall–Kier alpha value is -6.46. The molecule has 0 saturated heterocycles. The second-order valence-corrected chi connectivity index (χ2v) is 14.5. The van der Waals surface area contributed by atoms with E-state index in [1.807, 2.05) is 23.5 Å². The van der Waals surface area contributed by atoms with Gasteiger partial charge in [-0.05, 0) is 94.5 Å². The number of benzene rings is 8. The molecule has 0 atom stereocenters. The molecule has 0 amide bonds. The maximum Gasteiger partial charge on any atom is 0.0681 e. The van der Waals surface area contributed by atoms with Gasteiger partial charge in [-0.25, -0.2) is 0 Å². The molecular weight excluding hydrogens is 665 g/mol. The molecule has 0 bridgehead atoms. The van der Waals surface area contributed by atoms with Crippen LogP contribution in [0.5, 0.6) is 0 Å². The second kappa shape index (κ2) is 12.9. The van der Waals surface area contributed by atoms with Crippen molar-refractivity contribution >= 4 is 70.4 Å². The number of aromatic nitrogens is 1. The van der Waals surface area contributed by atoms with Crippen molar-refractivity contribution in [1.29, 1.82) is 0 Å². The predicted molar refractivity (Wildman–Crippen MR) is 225 cm³/mol. The van der Waals surface area contributed by atoms with Crippen LogP contribution < -0.4 is 4.90 Å². The van der Waals surface area contributed by atoms with Gasteiger partial charge in [0.15, 0.2) is 0 Å². The largest absolute Gasteiger partial charge is 0.392 e. The second-order valence-electron chi connectivity index (χ2n) is 13.5. The van der Waals surface area contributed by atoms with Gasteiger partial charge in [-0.2, -0.15) is 0 Å². The Balaban J connectivity index is 1.08. The van der Waals surface area contributed by atoms with Crippen LogP contribution in [0.2, 0.25) is 0 Å². The first-order valence-electron chi connectivity index (χ1n) is 17.9. The van der Waals surface area contributed by atoms with Gasteiger partial charge in [-0.15, -0.1) is 11.3 Å². The number of fused-ring (bicyclic) bond motifs is 6. The molecule has 4 heteroatoms. The number of rotatable bonds is 7. The summed E-state index contributed by atoms with van der Waals surface area (Å²) in [5.74, 6) is 0. The molecule has 0 aliphatic carbocycles. The Morgan fingerprint density at radius 1 is 0.453 bits per heavy atom. The van der Waals surface area contributed by atoms with Crippen molar-refractivity contribution in [1.82, 2.24) is 4.57 Å². The fourth-order valence-electron chi connectivity index (χ4n) is 7.75. The molecule has 2 heterocycles. The molecule has 0 spiro atoms. The summed E-state index contributed by atoms with van der Waals surface area (Å²) in [6.07, 6.45) is 0. The highest BCUT2D eigenvalue weighted by Crippen LogP contribution is 2.45. The summed E-state index contributed by atoms with van der Waals surface area (Å²) >= 11 is 1.86. The summed E-state index contributed by atoms with van der Waals surface area (Å²) in [5, 5.41) is 14.6. The summed E-state index contributed by atoms with van der Waals surface area (Å²) in [6, 6.07) is 67.4. The molecule has 0 aliphatic rings. The molecule has 252 valence electrons. The van der Waals surface area contributed by atoms with E-state index in [0.717, 1.165) is 33.7 Å². The molecule has 0 unspecified atom stereocenters. The molecule has 0 radical (unpaired) electrons. The van der Waals surface area contributed by atoms with Gasteiger partial charge in [0.05, 0.1) is 28.0 Å². The molecule has 0 fully saturated rings. The summed E-state index contributed by atoms with van der Waals surface area (Å²) < 4.78 is 4.88. The minimum absolute atomic E-state index is 0.0364. The number of anilines is 3. The van der Waals surface area contributed by atoms with Crippen LogP contribution in [-0.2, 0) is 6.61 Å². The van der Waals surface area contributed by atoms with Crippen LogP contribution in [0.3, 0.4) is 0 Å². The minimum atomic E-state index is 0.0364. The Kier molecular flexibility index (Phi) is 7.64. The van der Waals surface area contributed by atoms with E-state index in [9.17, 15) is 5.11 Å². The van der Waals surface area contributed by atoms with Gasteiger partial charge in [-0.1, -0.05) is 121 Å². The number of aliphatic hydroxyl groups excluding tert-OH is 1. The molecule has 10 aromatic rings. The van der Waals surface area contributed by atoms with Gasteiger partial charge < -0.3 is 14.6 Å². The lowest BCUT2D eigenvalue weighted by Crippen LogP contribution is -2.10. The van der Waals surface area contributed by atoms with Gasteiger partial charge in [-0.3, -0.25) is 0 Å². The Morgan fingerprint density at radius 3 is 1.77 bits per heavy atom. The third kappa shape index (κ3) is 5.39. The van der Waals surface area contributed by atoms with Gasteiger partial charge in [0.1, 0.15) is 0 Å². The van der Waals surface area contributed by atoms with E-state index in [2.05, 4.69) is 185 Å². The van der Waals surface area contributed by atoms with E-state index >= 15 is 0 Å². The van der Waals surface area contributed by atoms with E-state index in [0.29, 0.717) is 0 Å². The van der Waals surface area contributed by atoms with Crippen LogP contribution in [0.25, 0.3) is 69.9 Å². The minimum Gasteiger partial charge on any atom is -0.392 e. The molecule has 0 saturated carbocycles. The lowest BCUT2D eigenvalue weighted by molar-refractivity contribution is 0.282. The first-order chi connectivity index (χ1) is 26.2. The average Bonchev–Trinajstić information content (AvgIpc) is 3.78. The summed E-state index contributed by atoms with van der Waals surface area (Å²) in [7, 11) is 0. The maximum absolute atomic E-state index is 9.61. The fourth-order valence-corrected chi connectivity index (χ4v) is 8.96. The van der Waals surface area contributed by atoms with Gasteiger partial charge in [0.25, 0.3) is 0 Å². The predicted octanol–water partition coefficient (Wildman–Crippen LogP) is 13.4. The zero-order valence-corrected chi connectivity index (χ0v) is 29.7. The van der Waals surface area contributed by atoms with E-state index in [1.54, 1.807) is 0 Å². The van der Waals surface area contributed by atoms with E-state index in [-0.39, 0.29) is 6.61 Å². The number of thiophene rings is 1. The number of hydrogen-bond donors (Lipinski definition) is 1. The number of nitrogens with zero attached hydrogens (tertiary/aromatic N) is 2. The van der Waals surface area contributed by atoms with Crippen LogP contribution >= 0.6 is 11.3 Å². The van der Waals surface area contributed by atoms with Gasteiger partial charge >= 0.3 is 0 Å². The number of aliphatic hydroxyl groups is 1. The zero-order chi connectivity index (χ0) is 35.3. The van der Waals surface area contributed by atoms with Crippen molar-refractivity contribution in [2.75, 3.05) is 4.90 Å². The highest BCUT2D eigenvalue weighted by Gasteiger charge is 2.19. The monoisotopic (exact) mass is 698 g/mol. The van der Waals surface area contributed by atoms with Gasteiger partial charge in [0, 0.05) is 43.3 Å². The molecule has 0 aliphatic heterocycles. The van der Waals surface area contributed by atoms with Crippen molar-refractivity contribution in [3.63, 3.8) is 0 Å². The van der Waals surface area contributed by atoms with Gasteiger partial charge in [0.2, 0.25) is 0 Å². The highest BCUT2D eigenvalue weighted by molar-refractivity contribution is 7.26. The maximum atomic E-state index is 9.61. The topological polar surface area (TPSA) is 28.4 Å². The third-order valence-corrected chi connectivity index (χ3v) is 11.6. The fraction of sp³-hybridized carbons (Fsp3) is 0.0204. The Morgan fingerprint density at radius 2 is 1.04 bits per heavy atom. The first kappa shape index (κ1) is 31.3. The molecule has 8 aromatic carbocycles. The number of para-hydroxylation sites is 1. The summed E-state index contributed by atoms with van der Waals surface area (Å²) in [5.41, 5.74) is 12.4. The quantitative estimate of drug-likeness (QED) is 0.179. The summed E-state index contributed by atoms with van der Waals surface area (Å²) in [4.78, 5) is 2.40. The van der Waals surface area contributed by atoms with Crippen molar-refractivity contribution in [3.8, 4) is 27.9 Å². The van der Waals surface area contributed by atoms with E-state index in [1.165, 1.54) is 58.9 Å². The van der Waals surface area contributed by atoms with E-state index in [4.69, 9.17) is 0 Å². The average molecular weight is 699 g/mol. The Labute approximate surface area is 311 Å². The standard InChI is InChI=1S/C49H34N2OS/c52-32-33-17-24-40(25-18-33)51-45-14-6-4-11-41(45)44-31-37(23-30-46(44)51)36-21-28-39(29-22-36)50(38-26-19-35(20-27-38)34-9-2-1-3-10-34)47-15-8-13-43-42-12-5-7-16-48(42)53-49(43)47/h1-31,52H,32H2. The molecular formula is C49H34N2OS. The Bertz CT molecular complexity index is 2910. The lowest BCUT2D eigenvalue weighted by Gasteiger charge is -2.26. The first-order valence-corrected chi connectivity index (χ1v) is 18.7. The zero-order valence-electron chi connectivity index (χ0n) is 28.9. The van der Waals surface area contributed by atoms with Crippen LogP contribution in [0.15, 0.2) is 188 Å². The molecule has 2 aromatic heterocycles. The van der Waals surface area contributed by atoms with Crippen LogP contribution in [0.1, 0.15) is 5.56 Å². The molecule has 10 rings (SSSR count). The van der Waals surface area contributed by atoms with Crippen molar-refractivity contribution in [2.24, 2.45) is 0 Å². The van der Waals surface area contributed by atoms with E-state index < -0.39 is 0 Å². The van der Waals surface area contributed by atoms with Crippen molar-refractivity contribution < 1.29 is 5.11 Å². The third-order valence-electron chi connectivity index (χ3n) is 10.4. The van der Waals surface area contributed by atoms with Crippen LogP contribution in [0.4, 0.5) is 17.1 Å². The molecule has 3 nitrogen and oxygen atoms in total. The normalized spacial score (nSPS) is 11.6. The highest BCUT2D eigenvalue weighted by atomic mass is 32.1. The molecule has 1 N–H and O–H groups in total. The number of hydrogen-bond acceptors (Lipinski definition) is 3. The van der Waals surface area contributed by atoms with Crippen LogP contribution in [0, 0.1) is 0 Å².